The summed E-state index contributed by atoms with van der Waals surface area (Å²) in [7, 11) is 0.104. The van der Waals surface area contributed by atoms with E-state index in [1.54, 1.807) is 31.3 Å². The van der Waals surface area contributed by atoms with Gasteiger partial charge in [-0.2, -0.15) is 0 Å². The highest BCUT2D eigenvalue weighted by Crippen LogP contribution is 2.25. The van der Waals surface area contributed by atoms with E-state index < -0.39 is 10.0 Å². The molecule has 2 rings (SSSR count). The molecule has 0 amide bonds. The molecule has 0 N–H and O–H groups in total. The molecule has 7 heteroatoms. The van der Waals surface area contributed by atoms with Crippen LogP contribution >= 0.6 is 11.6 Å². The van der Waals surface area contributed by atoms with Crippen LogP contribution in [0.25, 0.3) is 0 Å². The molecule has 0 aliphatic rings. The molecule has 0 unspecified atom stereocenters. The lowest BCUT2D eigenvalue weighted by molar-refractivity contribution is 0.295. The fourth-order valence-electron chi connectivity index (χ4n) is 3.22. The molecule has 0 atom stereocenters. The van der Waals surface area contributed by atoms with Crippen LogP contribution in [0.15, 0.2) is 53.4 Å². The molecule has 0 aromatic heterocycles. The Morgan fingerprint density at radius 3 is 2.10 bits per heavy atom. The maximum Gasteiger partial charge on any atom is 0.264 e. The van der Waals surface area contributed by atoms with Crippen molar-refractivity contribution < 1.29 is 13.2 Å². The maximum absolute atomic E-state index is 12.8. The number of nitrogens with zero attached hydrogens (tertiary/aromatic N) is 2. The zero-order valence-electron chi connectivity index (χ0n) is 18.9. The van der Waals surface area contributed by atoms with Gasteiger partial charge < -0.3 is 9.64 Å². The van der Waals surface area contributed by atoms with Crippen LogP contribution in [0.4, 0.5) is 5.69 Å². The molecule has 0 aliphatic carbocycles. The highest BCUT2D eigenvalue weighted by molar-refractivity contribution is 7.92. The molecule has 0 aliphatic heterocycles. The summed E-state index contributed by atoms with van der Waals surface area (Å²) in [5, 5.41) is 0.502. The number of ether oxygens (including phenoxy) is 1. The molecular formula is C24H35ClN2O3S. The molecule has 0 fully saturated rings. The van der Waals surface area contributed by atoms with Crippen molar-refractivity contribution >= 4 is 27.3 Å². The molecule has 0 bridgehead atoms. The van der Waals surface area contributed by atoms with Crippen LogP contribution in [0.2, 0.25) is 5.02 Å². The number of anilines is 1. The molecule has 0 heterocycles. The fraction of sp³-hybridized carbons (Fsp3) is 0.500. The Labute approximate surface area is 193 Å². The van der Waals surface area contributed by atoms with Gasteiger partial charge in [0.1, 0.15) is 5.75 Å². The van der Waals surface area contributed by atoms with E-state index in [0.717, 1.165) is 25.1 Å². The summed E-state index contributed by atoms with van der Waals surface area (Å²) in [5.41, 5.74) is 0.578. The fourth-order valence-corrected chi connectivity index (χ4v) is 4.54. The first-order valence-corrected chi connectivity index (χ1v) is 12.8. The van der Waals surface area contributed by atoms with Crippen molar-refractivity contribution in [1.29, 1.82) is 0 Å². The quantitative estimate of drug-likeness (QED) is 0.328. The normalized spacial score (nSPS) is 11.6. The first kappa shape index (κ1) is 25.5. The van der Waals surface area contributed by atoms with Gasteiger partial charge in [-0.25, -0.2) is 8.42 Å². The molecule has 5 nitrogen and oxygen atoms in total. The zero-order chi connectivity index (χ0) is 22.7. The van der Waals surface area contributed by atoms with E-state index in [-0.39, 0.29) is 4.90 Å². The van der Waals surface area contributed by atoms with Crippen LogP contribution in [-0.2, 0) is 10.0 Å². The average molecular weight is 467 g/mol. The number of hydrogen-bond donors (Lipinski definition) is 0. The lowest BCUT2D eigenvalue weighted by atomic mass is 10.2. The van der Waals surface area contributed by atoms with Crippen molar-refractivity contribution in [2.75, 3.05) is 38.1 Å². The summed E-state index contributed by atoms with van der Waals surface area (Å²) in [4.78, 5) is 2.61. The maximum atomic E-state index is 12.8. The van der Waals surface area contributed by atoms with Gasteiger partial charge in [-0.15, -0.1) is 0 Å². The molecule has 31 heavy (non-hydrogen) atoms. The van der Waals surface area contributed by atoms with Crippen LogP contribution in [0, 0.1) is 0 Å². The van der Waals surface area contributed by atoms with Gasteiger partial charge in [0.2, 0.25) is 0 Å². The third-order valence-electron chi connectivity index (χ3n) is 5.27. The molecule has 172 valence electrons. The van der Waals surface area contributed by atoms with Gasteiger partial charge >= 0.3 is 0 Å². The van der Waals surface area contributed by atoms with Gasteiger partial charge in [-0.1, -0.05) is 37.8 Å². The minimum absolute atomic E-state index is 0.205. The van der Waals surface area contributed by atoms with Crippen molar-refractivity contribution in [2.24, 2.45) is 0 Å². The van der Waals surface area contributed by atoms with E-state index in [1.165, 1.54) is 48.7 Å². The second-order valence-corrected chi connectivity index (χ2v) is 10.2. The van der Waals surface area contributed by atoms with Crippen molar-refractivity contribution in [1.82, 2.24) is 4.90 Å². The molecule has 2 aromatic rings. The lowest BCUT2D eigenvalue weighted by Crippen LogP contribution is -2.26. The Morgan fingerprint density at radius 1 is 0.839 bits per heavy atom. The predicted molar refractivity (Wildman–Crippen MR) is 130 cm³/mol. The Morgan fingerprint density at radius 2 is 1.45 bits per heavy atom. The van der Waals surface area contributed by atoms with Crippen molar-refractivity contribution in [3.8, 4) is 5.75 Å². The standard InChI is InChI=1S/C24H35ClN2O3S/c1-4-5-18-26(2)19-8-6-7-9-20-30-23-14-12-22(13-15-23)27(3)31(28,29)24-16-10-21(25)11-17-24/h10-17H,4-9,18-20H2,1-3H3. The van der Waals surface area contributed by atoms with Crippen LogP contribution in [0.1, 0.15) is 45.4 Å². The van der Waals surface area contributed by atoms with Crippen molar-refractivity contribution in [3.63, 3.8) is 0 Å². The Kier molecular flexibility index (Phi) is 10.6. The highest BCUT2D eigenvalue weighted by Gasteiger charge is 2.21. The topological polar surface area (TPSA) is 49.9 Å². The number of hydrogen-bond acceptors (Lipinski definition) is 4. The first-order valence-electron chi connectivity index (χ1n) is 11.0. The summed E-state index contributed by atoms with van der Waals surface area (Å²) in [6.07, 6.45) is 7.13. The minimum Gasteiger partial charge on any atom is -0.494 e. The molecule has 0 radical (unpaired) electrons. The highest BCUT2D eigenvalue weighted by atomic mass is 35.5. The summed E-state index contributed by atoms with van der Waals surface area (Å²) >= 11 is 5.86. The Bertz CT molecular complexity index is 871. The van der Waals surface area contributed by atoms with E-state index >= 15 is 0 Å². The number of benzene rings is 2. The van der Waals surface area contributed by atoms with Crippen LogP contribution in [-0.4, -0.2) is 47.1 Å². The number of sulfonamides is 1. The predicted octanol–water partition coefficient (Wildman–Crippen LogP) is 5.84. The second-order valence-electron chi connectivity index (χ2n) is 7.84. The Balaban J connectivity index is 1.73. The number of unbranched alkanes of at least 4 members (excludes halogenated alkanes) is 4. The minimum atomic E-state index is -3.63. The molecular weight excluding hydrogens is 432 g/mol. The summed E-state index contributed by atoms with van der Waals surface area (Å²) in [6, 6.07) is 13.3. The lowest BCUT2D eigenvalue weighted by Gasteiger charge is -2.20. The van der Waals surface area contributed by atoms with Gasteiger partial charge in [0, 0.05) is 12.1 Å². The average Bonchev–Trinajstić information content (AvgIpc) is 2.77. The van der Waals surface area contributed by atoms with Gasteiger partial charge in [-0.3, -0.25) is 4.31 Å². The molecule has 0 saturated carbocycles. The van der Waals surface area contributed by atoms with Crippen LogP contribution in [0.3, 0.4) is 0 Å². The van der Waals surface area contributed by atoms with Crippen LogP contribution < -0.4 is 9.04 Å². The van der Waals surface area contributed by atoms with Crippen LogP contribution in [0.5, 0.6) is 5.75 Å². The SMILES string of the molecule is CCCCN(C)CCCCCCOc1ccc(N(C)S(=O)(=O)c2ccc(Cl)cc2)cc1. The molecule has 0 spiro atoms. The zero-order valence-corrected chi connectivity index (χ0v) is 20.5. The van der Waals surface area contributed by atoms with E-state index in [9.17, 15) is 8.42 Å². The van der Waals surface area contributed by atoms with E-state index in [4.69, 9.17) is 16.3 Å². The van der Waals surface area contributed by atoms with E-state index in [2.05, 4.69) is 18.9 Å². The van der Waals surface area contributed by atoms with Gasteiger partial charge in [0.25, 0.3) is 10.0 Å². The monoisotopic (exact) mass is 466 g/mol. The largest absolute Gasteiger partial charge is 0.494 e. The summed E-state index contributed by atoms with van der Waals surface area (Å²) in [6.45, 7) is 5.24. The summed E-state index contributed by atoms with van der Waals surface area (Å²) in [5.74, 6) is 0.750. The molecule has 0 saturated heterocycles. The van der Waals surface area contributed by atoms with Crippen molar-refractivity contribution in [3.05, 3.63) is 53.6 Å². The second kappa shape index (κ2) is 12.9. The number of halogens is 1. The third kappa shape index (κ3) is 8.36. The number of rotatable bonds is 14. The third-order valence-corrected chi connectivity index (χ3v) is 7.32. The smallest absolute Gasteiger partial charge is 0.264 e. The van der Waals surface area contributed by atoms with Gasteiger partial charge in [-0.05, 0) is 87.9 Å². The van der Waals surface area contributed by atoms with Gasteiger partial charge in [0.15, 0.2) is 0 Å². The van der Waals surface area contributed by atoms with Crippen molar-refractivity contribution in [2.45, 2.75) is 50.3 Å². The van der Waals surface area contributed by atoms with Gasteiger partial charge in [0.05, 0.1) is 17.2 Å². The van der Waals surface area contributed by atoms with E-state index in [1.807, 2.05) is 12.1 Å². The van der Waals surface area contributed by atoms with E-state index in [0.29, 0.717) is 17.3 Å². The Hall–Kier alpha value is -1.76. The molecule has 2 aromatic carbocycles. The summed E-state index contributed by atoms with van der Waals surface area (Å²) < 4.78 is 32.6. The first-order chi connectivity index (χ1) is 14.8.